The third kappa shape index (κ3) is 7.07. The van der Waals surface area contributed by atoms with Crippen LogP contribution in [0.5, 0.6) is 0 Å². The molecule has 0 N–H and O–H groups in total. The van der Waals surface area contributed by atoms with Crippen LogP contribution in [0.2, 0.25) is 0 Å². The monoisotopic (exact) mass is 333 g/mol. The largest absolute Gasteiger partial charge is 0.343 e. The lowest BCUT2D eigenvalue weighted by Gasteiger charge is -2.31. The molecule has 0 aromatic heterocycles. The molecule has 0 saturated carbocycles. The first kappa shape index (κ1) is 19.4. The lowest BCUT2D eigenvalue weighted by Crippen LogP contribution is -2.41. The van der Waals surface area contributed by atoms with Crippen LogP contribution >= 0.6 is 0 Å². The number of nitrogens with zero attached hydrogens (tertiary/aromatic N) is 3. The van der Waals surface area contributed by atoms with Crippen LogP contribution in [-0.2, 0) is 14.8 Å². The van der Waals surface area contributed by atoms with Crippen LogP contribution in [0.25, 0.3) is 0 Å². The summed E-state index contributed by atoms with van der Waals surface area (Å²) in [6.45, 7) is 5.42. The molecular weight excluding hydrogens is 302 g/mol. The number of piperidine rings is 1. The number of sulfonamides is 1. The number of hydrogen-bond acceptors (Lipinski definition) is 4. The molecule has 1 aliphatic heterocycles. The predicted octanol–water partition coefficient (Wildman–Crippen LogP) is 0.848. The molecule has 1 aliphatic rings. The van der Waals surface area contributed by atoms with Gasteiger partial charge in [0.25, 0.3) is 0 Å². The van der Waals surface area contributed by atoms with Crippen molar-refractivity contribution in [2.24, 2.45) is 5.92 Å². The zero-order valence-electron chi connectivity index (χ0n) is 14.4. The van der Waals surface area contributed by atoms with E-state index < -0.39 is 10.0 Å². The van der Waals surface area contributed by atoms with Crippen molar-refractivity contribution in [1.29, 1.82) is 0 Å². The first-order chi connectivity index (χ1) is 10.2. The summed E-state index contributed by atoms with van der Waals surface area (Å²) in [5.41, 5.74) is 0. The Morgan fingerprint density at radius 2 is 1.73 bits per heavy atom. The molecule has 1 amide bonds. The first-order valence-corrected chi connectivity index (χ1v) is 9.92. The Bertz CT molecular complexity index is 443. The highest BCUT2D eigenvalue weighted by Crippen LogP contribution is 2.16. The lowest BCUT2D eigenvalue weighted by molar-refractivity contribution is -0.132. The number of rotatable bonds is 8. The van der Waals surface area contributed by atoms with Gasteiger partial charge in [-0.2, -0.15) is 0 Å². The molecule has 1 saturated heterocycles. The summed E-state index contributed by atoms with van der Waals surface area (Å²) in [6.07, 6.45) is 4.36. The highest BCUT2D eigenvalue weighted by Gasteiger charge is 2.22. The standard InChI is InChI=1S/C15H31N3O3S/c1-14-6-11-17(12-7-14)15(19)8-13-18(22(4,20)21)10-5-9-16(2)3/h14H,5-13H2,1-4H3. The third-order valence-corrected chi connectivity index (χ3v) is 5.50. The van der Waals surface area contributed by atoms with Gasteiger partial charge < -0.3 is 9.80 Å². The number of hydrogen-bond donors (Lipinski definition) is 0. The zero-order chi connectivity index (χ0) is 16.8. The fourth-order valence-corrected chi connectivity index (χ4v) is 3.53. The average Bonchev–Trinajstić information content (AvgIpc) is 2.41. The fraction of sp³-hybridized carbons (Fsp3) is 0.933. The SMILES string of the molecule is CC1CCN(C(=O)CCN(CCCN(C)C)S(C)(=O)=O)CC1. The van der Waals surface area contributed by atoms with Gasteiger partial charge in [0.1, 0.15) is 0 Å². The van der Waals surface area contributed by atoms with Crippen molar-refractivity contribution in [3.8, 4) is 0 Å². The normalized spacial score (nSPS) is 17.5. The van der Waals surface area contributed by atoms with Gasteiger partial charge in [0.15, 0.2) is 0 Å². The van der Waals surface area contributed by atoms with E-state index in [4.69, 9.17) is 0 Å². The first-order valence-electron chi connectivity index (χ1n) is 8.07. The topological polar surface area (TPSA) is 60.9 Å². The minimum Gasteiger partial charge on any atom is -0.343 e. The van der Waals surface area contributed by atoms with Crippen LogP contribution < -0.4 is 0 Å². The van der Waals surface area contributed by atoms with Gasteiger partial charge in [-0.15, -0.1) is 0 Å². The summed E-state index contributed by atoms with van der Waals surface area (Å²) in [6, 6.07) is 0. The van der Waals surface area contributed by atoms with Gasteiger partial charge in [0.2, 0.25) is 15.9 Å². The molecule has 0 aromatic rings. The Morgan fingerprint density at radius 3 is 2.23 bits per heavy atom. The summed E-state index contributed by atoms with van der Waals surface area (Å²) < 4.78 is 25.1. The molecular formula is C15H31N3O3S. The van der Waals surface area contributed by atoms with Gasteiger partial charge in [-0.1, -0.05) is 6.92 Å². The Hall–Kier alpha value is -0.660. The molecule has 0 bridgehead atoms. The summed E-state index contributed by atoms with van der Waals surface area (Å²) >= 11 is 0. The van der Waals surface area contributed by atoms with E-state index in [1.54, 1.807) is 0 Å². The molecule has 1 fully saturated rings. The fourth-order valence-electron chi connectivity index (χ4n) is 2.64. The van der Waals surface area contributed by atoms with Crippen molar-refractivity contribution in [2.75, 3.05) is 53.1 Å². The number of carbonyl (C=O) groups excluding carboxylic acids is 1. The maximum absolute atomic E-state index is 12.2. The van der Waals surface area contributed by atoms with Gasteiger partial charge >= 0.3 is 0 Å². The molecule has 6 nitrogen and oxygen atoms in total. The van der Waals surface area contributed by atoms with Crippen LogP contribution in [0.15, 0.2) is 0 Å². The van der Waals surface area contributed by atoms with Crippen molar-refractivity contribution >= 4 is 15.9 Å². The average molecular weight is 333 g/mol. The lowest BCUT2D eigenvalue weighted by atomic mass is 9.99. The summed E-state index contributed by atoms with van der Waals surface area (Å²) in [5.74, 6) is 0.760. The van der Waals surface area contributed by atoms with E-state index in [-0.39, 0.29) is 18.9 Å². The molecule has 0 atom stereocenters. The minimum atomic E-state index is -3.25. The van der Waals surface area contributed by atoms with Crippen molar-refractivity contribution < 1.29 is 13.2 Å². The van der Waals surface area contributed by atoms with E-state index in [1.807, 2.05) is 23.9 Å². The zero-order valence-corrected chi connectivity index (χ0v) is 15.2. The Morgan fingerprint density at radius 1 is 1.14 bits per heavy atom. The highest BCUT2D eigenvalue weighted by molar-refractivity contribution is 7.88. The quantitative estimate of drug-likeness (QED) is 0.661. The maximum atomic E-state index is 12.2. The second-order valence-electron chi connectivity index (χ2n) is 6.63. The van der Waals surface area contributed by atoms with E-state index in [0.717, 1.165) is 38.9 Å². The molecule has 22 heavy (non-hydrogen) atoms. The minimum absolute atomic E-state index is 0.0770. The molecule has 0 aromatic carbocycles. The molecule has 0 unspecified atom stereocenters. The summed E-state index contributed by atoms with van der Waals surface area (Å²) in [7, 11) is 0.674. The van der Waals surface area contributed by atoms with E-state index in [9.17, 15) is 13.2 Å². The third-order valence-electron chi connectivity index (χ3n) is 4.19. The molecule has 7 heteroatoms. The van der Waals surface area contributed by atoms with Gasteiger partial charge in [0, 0.05) is 32.6 Å². The van der Waals surface area contributed by atoms with Crippen LogP contribution in [0.4, 0.5) is 0 Å². The Labute approximate surface area is 135 Å². The second-order valence-corrected chi connectivity index (χ2v) is 8.61. The number of amides is 1. The summed E-state index contributed by atoms with van der Waals surface area (Å²) in [4.78, 5) is 16.1. The Kier molecular flexibility index (Phi) is 7.79. The van der Waals surface area contributed by atoms with Crippen LogP contribution in [0.3, 0.4) is 0 Å². The molecule has 1 heterocycles. The summed E-state index contributed by atoms with van der Waals surface area (Å²) in [5, 5.41) is 0. The molecule has 130 valence electrons. The van der Waals surface area contributed by atoms with E-state index in [2.05, 4.69) is 6.92 Å². The number of carbonyl (C=O) groups is 1. The molecule has 0 radical (unpaired) electrons. The molecule has 1 rings (SSSR count). The van der Waals surface area contributed by atoms with Crippen molar-refractivity contribution in [1.82, 2.24) is 14.1 Å². The smallest absolute Gasteiger partial charge is 0.223 e. The molecule has 0 aliphatic carbocycles. The van der Waals surface area contributed by atoms with Crippen molar-refractivity contribution in [2.45, 2.75) is 32.6 Å². The van der Waals surface area contributed by atoms with Crippen LogP contribution in [0.1, 0.15) is 32.6 Å². The van der Waals surface area contributed by atoms with E-state index in [0.29, 0.717) is 12.5 Å². The maximum Gasteiger partial charge on any atom is 0.223 e. The van der Waals surface area contributed by atoms with Gasteiger partial charge in [-0.05, 0) is 45.8 Å². The van der Waals surface area contributed by atoms with Crippen molar-refractivity contribution in [3.63, 3.8) is 0 Å². The second kappa shape index (κ2) is 8.84. The van der Waals surface area contributed by atoms with E-state index >= 15 is 0 Å². The number of likely N-dealkylation sites (tertiary alicyclic amines) is 1. The molecule has 0 spiro atoms. The van der Waals surface area contributed by atoms with Crippen molar-refractivity contribution in [3.05, 3.63) is 0 Å². The predicted molar refractivity (Wildman–Crippen MR) is 89.2 cm³/mol. The Balaban J connectivity index is 2.44. The van der Waals surface area contributed by atoms with Crippen LogP contribution in [0, 0.1) is 5.92 Å². The van der Waals surface area contributed by atoms with Crippen LogP contribution in [-0.4, -0.2) is 81.5 Å². The van der Waals surface area contributed by atoms with Gasteiger partial charge in [-0.3, -0.25) is 4.79 Å². The van der Waals surface area contributed by atoms with E-state index in [1.165, 1.54) is 10.6 Å². The van der Waals surface area contributed by atoms with Gasteiger partial charge in [-0.25, -0.2) is 12.7 Å². The highest BCUT2D eigenvalue weighted by atomic mass is 32.2. The van der Waals surface area contributed by atoms with Gasteiger partial charge in [0.05, 0.1) is 6.26 Å².